The van der Waals surface area contributed by atoms with Gasteiger partial charge in [-0.15, -0.1) is 0 Å². The number of nitrogens with zero attached hydrogens (tertiary/aromatic N) is 1. The van der Waals surface area contributed by atoms with E-state index in [2.05, 4.69) is 4.98 Å². The van der Waals surface area contributed by atoms with Gasteiger partial charge in [-0.1, -0.05) is 18.2 Å². The summed E-state index contributed by atoms with van der Waals surface area (Å²) in [4.78, 5) is 27.4. The Morgan fingerprint density at radius 2 is 1.85 bits per heavy atom. The van der Waals surface area contributed by atoms with E-state index in [1.807, 2.05) is 26.0 Å². The van der Waals surface area contributed by atoms with Gasteiger partial charge in [0.1, 0.15) is 0 Å². The zero-order valence-electron chi connectivity index (χ0n) is 19.5. The van der Waals surface area contributed by atoms with Crippen LogP contribution in [0.25, 0.3) is 10.9 Å². The van der Waals surface area contributed by atoms with Gasteiger partial charge in [-0.3, -0.25) is 9.59 Å². The lowest BCUT2D eigenvalue weighted by Gasteiger charge is -2.29. The standard InChI is InChI=1S/C25H28N2O6S/c1-16-10-17(2)23-12-20(25(29)26-24(23)11-16)13-27(14-21-15-32-8-9-33-21)34(30,31)22-6-4-19(5-7-22)18(3)28/h4-7,10-12,21H,8-9,13-15H2,1-3H3,(H,26,29)/t21-/m0/s1. The van der Waals surface area contributed by atoms with Crippen LogP contribution in [0.1, 0.15) is 34.0 Å². The number of aromatic amines is 1. The number of fused-ring (bicyclic) bond motifs is 1. The number of hydrogen-bond acceptors (Lipinski definition) is 6. The van der Waals surface area contributed by atoms with Crippen LogP contribution in [-0.4, -0.2) is 56.0 Å². The number of Topliss-reactive ketones (excluding diaryl/α,β-unsaturated/α-hetero) is 1. The van der Waals surface area contributed by atoms with Gasteiger partial charge in [-0.05, 0) is 56.2 Å². The molecule has 0 spiro atoms. The zero-order chi connectivity index (χ0) is 24.5. The van der Waals surface area contributed by atoms with Crippen LogP contribution in [0.5, 0.6) is 0 Å². The first-order chi connectivity index (χ1) is 16.1. The molecule has 1 aromatic heterocycles. The Kier molecular flexibility index (Phi) is 6.99. The van der Waals surface area contributed by atoms with E-state index in [-0.39, 0.29) is 35.9 Å². The molecule has 4 rings (SSSR count). The number of aryl methyl sites for hydroxylation is 2. The van der Waals surface area contributed by atoms with E-state index in [0.717, 1.165) is 16.5 Å². The van der Waals surface area contributed by atoms with Crippen molar-refractivity contribution in [1.29, 1.82) is 0 Å². The van der Waals surface area contributed by atoms with Crippen molar-refractivity contribution < 1.29 is 22.7 Å². The van der Waals surface area contributed by atoms with Crippen LogP contribution in [0.15, 0.2) is 52.2 Å². The molecule has 9 heteroatoms. The Morgan fingerprint density at radius 3 is 2.50 bits per heavy atom. The number of rotatable bonds is 7. The summed E-state index contributed by atoms with van der Waals surface area (Å²) in [6.07, 6.45) is -0.455. The molecule has 1 aliphatic heterocycles. The number of H-pyrrole nitrogens is 1. The van der Waals surface area contributed by atoms with E-state index in [4.69, 9.17) is 9.47 Å². The highest BCUT2D eigenvalue weighted by atomic mass is 32.2. The summed E-state index contributed by atoms with van der Waals surface area (Å²) < 4.78 is 39.6. The number of pyridine rings is 1. The molecule has 0 saturated carbocycles. The molecular weight excluding hydrogens is 456 g/mol. The van der Waals surface area contributed by atoms with E-state index in [0.29, 0.717) is 29.9 Å². The van der Waals surface area contributed by atoms with Gasteiger partial charge in [0, 0.05) is 35.1 Å². The number of nitrogens with one attached hydrogen (secondary N) is 1. The van der Waals surface area contributed by atoms with Crippen molar-refractivity contribution in [3.05, 3.63) is 75.1 Å². The zero-order valence-corrected chi connectivity index (χ0v) is 20.3. The number of ketones is 1. The number of benzene rings is 2. The lowest BCUT2D eigenvalue weighted by atomic mass is 10.0. The van der Waals surface area contributed by atoms with Gasteiger partial charge in [0.25, 0.3) is 5.56 Å². The largest absolute Gasteiger partial charge is 0.376 e. The van der Waals surface area contributed by atoms with E-state index >= 15 is 0 Å². The van der Waals surface area contributed by atoms with Crippen LogP contribution in [0.3, 0.4) is 0 Å². The van der Waals surface area contributed by atoms with Crippen molar-refractivity contribution in [1.82, 2.24) is 9.29 Å². The topological polar surface area (TPSA) is 106 Å². The molecule has 1 aliphatic rings. The normalized spacial score (nSPS) is 16.8. The highest BCUT2D eigenvalue weighted by molar-refractivity contribution is 7.89. The predicted octanol–water partition coefficient (Wildman–Crippen LogP) is 2.95. The summed E-state index contributed by atoms with van der Waals surface area (Å²) in [6.45, 7) is 6.33. The van der Waals surface area contributed by atoms with Gasteiger partial charge in [0.15, 0.2) is 5.78 Å². The number of ether oxygens (including phenoxy) is 2. The summed E-state index contributed by atoms with van der Waals surface area (Å²) in [5.41, 5.74) is 3.15. The van der Waals surface area contributed by atoms with Gasteiger partial charge in [-0.25, -0.2) is 8.42 Å². The molecule has 1 saturated heterocycles. The second-order valence-corrected chi connectivity index (χ2v) is 10.6. The van der Waals surface area contributed by atoms with Crippen LogP contribution in [0.2, 0.25) is 0 Å². The Morgan fingerprint density at radius 1 is 1.12 bits per heavy atom. The fraction of sp³-hybridized carbons (Fsp3) is 0.360. The van der Waals surface area contributed by atoms with Crippen LogP contribution in [0, 0.1) is 13.8 Å². The summed E-state index contributed by atoms with van der Waals surface area (Å²) in [6, 6.07) is 11.5. The minimum absolute atomic E-state index is 0.0289. The highest BCUT2D eigenvalue weighted by Gasteiger charge is 2.30. The predicted molar refractivity (Wildman–Crippen MR) is 129 cm³/mol. The molecule has 8 nitrogen and oxygen atoms in total. The van der Waals surface area contributed by atoms with Crippen molar-refractivity contribution in [2.75, 3.05) is 26.4 Å². The van der Waals surface area contributed by atoms with Crippen molar-refractivity contribution in [3.63, 3.8) is 0 Å². The van der Waals surface area contributed by atoms with Crippen molar-refractivity contribution in [3.8, 4) is 0 Å². The molecule has 34 heavy (non-hydrogen) atoms. The molecule has 1 N–H and O–H groups in total. The first-order valence-corrected chi connectivity index (χ1v) is 12.5. The third-order valence-corrected chi connectivity index (χ3v) is 7.75. The van der Waals surface area contributed by atoms with E-state index in [1.54, 1.807) is 6.07 Å². The number of carbonyl (C=O) groups is 1. The lowest BCUT2D eigenvalue weighted by Crippen LogP contribution is -2.43. The third kappa shape index (κ3) is 5.12. The molecule has 0 bridgehead atoms. The summed E-state index contributed by atoms with van der Waals surface area (Å²) >= 11 is 0. The average Bonchev–Trinajstić information content (AvgIpc) is 2.80. The van der Waals surface area contributed by atoms with Gasteiger partial charge in [0.05, 0.1) is 30.8 Å². The Labute approximate surface area is 198 Å². The Bertz CT molecular complexity index is 1370. The SMILES string of the molecule is CC(=O)c1ccc(S(=O)(=O)N(Cc2cc3c(C)cc(C)cc3[nH]c2=O)C[C@H]2COCCO2)cc1. The molecule has 0 radical (unpaired) electrons. The maximum Gasteiger partial charge on any atom is 0.252 e. The fourth-order valence-electron chi connectivity index (χ4n) is 4.15. The van der Waals surface area contributed by atoms with Crippen molar-refractivity contribution >= 4 is 26.7 Å². The van der Waals surface area contributed by atoms with E-state index in [1.165, 1.54) is 35.5 Å². The number of carbonyl (C=O) groups excluding carboxylic acids is 1. The molecule has 1 fully saturated rings. The van der Waals surface area contributed by atoms with E-state index < -0.39 is 16.1 Å². The lowest BCUT2D eigenvalue weighted by molar-refractivity contribution is -0.0923. The minimum atomic E-state index is -3.99. The molecule has 1 atom stereocenters. The second kappa shape index (κ2) is 9.79. The van der Waals surface area contributed by atoms with Crippen LogP contribution in [-0.2, 0) is 26.0 Å². The summed E-state index contributed by atoms with van der Waals surface area (Å²) in [7, 11) is -3.99. The van der Waals surface area contributed by atoms with E-state index in [9.17, 15) is 18.0 Å². The number of sulfonamides is 1. The summed E-state index contributed by atoms with van der Waals surface area (Å²) in [5.74, 6) is -0.151. The molecule has 180 valence electrons. The van der Waals surface area contributed by atoms with Crippen molar-refractivity contribution in [2.45, 2.75) is 38.3 Å². The molecular formula is C25H28N2O6S. The second-order valence-electron chi connectivity index (χ2n) is 8.61. The number of aromatic nitrogens is 1. The first-order valence-electron chi connectivity index (χ1n) is 11.1. The van der Waals surface area contributed by atoms with Crippen LogP contribution < -0.4 is 5.56 Å². The molecule has 2 heterocycles. The molecule has 0 amide bonds. The Balaban J connectivity index is 1.73. The molecule has 0 unspecified atom stereocenters. The quantitative estimate of drug-likeness (QED) is 0.517. The van der Waals surface area contributed by atoms with Crippen molar-refractivity contribution in [2.24, 2.45) is 0 Å². The van der Waals surface area contributed by atoms with Crippen LogP contribution in [0.4, 0.5) is 0 Å². The van der Waals surface area contributed by atoms with Gasteiger partial charge in [0.2, 0.25) is 10.0 Å². The first kappa shape index (κ1) is 24.3. The Hall–Kier alpha value is -2.85. The summed E-state index contributed by atoms with van der Waals surface area (Å²) in [5, 5.41) is 0.862. The molecule has 2 aromatic carbocycles. The maximum atomic E-state index is 13.6. The fourth-order valence-corrected chi connectivity index (χ4v) is 5.60. The van der Waals surface area contributed by atoms with Gasteiger partial charge < -0.3 is 14.5 Å². The van der Waals surface area contributed by atoms with Gasteiger partial charge >= 0.3 is 0 Å². The monoisotopic (exact) mass is 484 g/mol. The minimum Gasteiger partial charge on any atom is -0.376 e. The highest BCUT2D eigenvalue weighted by Crippen LogP contribution is 2.23. The molecule has 0 aliphatic carbocycles. The van der Waals surface area contributed by atoms with Gasteiger partial charge in [-0.2, -0.15) is 4.31 Å². The number of hydrogen-bond donors (Lipinski definition) is 1. The smallest absolute Gasteiger partial charge is 0.252 e. The molecule has 3 aromatic rings. The average molecular weight is 485 g/mol. The van der Waals surface area contributed by atoms with Crippen LogP contribution >= 0.6 is 0 Å². The maximum absolute atomic E-state index is 13.6. The third-order valence-electron chi connectivity index (χ3n) is 5.93.